The number of carbonyl (C=O) groups excluding carboxylic acids is 2. The molecule has 0 saturated heterocycles. The van der Waals surface area contributed by atoms with Crippen LogP contribution >= 0.6 is 0 Å². The first-order chi connectivity index (χ1) is 14.5. The lowest BCUT2D eigenvalue weighted by molar-refractivity contribution is -0.139. The van der Waals surface area contributed by atoms with Crippen LogP contribution in [0.4, 0.5) is 10.1 Å². The molecule has 0 aliphatic carbocycles. The largest absolute Gasteiger partial charge is 0.352 e. The van der Waals surface area contributed by atoms with Gasteiger partial charge in [-0.05, 0) is 38.5 Å². The number of amides is 2. The van der Waals surface area contributed by atoms with E-state index in [9.17, 15) is 22.4 Å². The number of rotatable bonds is 9. The smallest absolute Gasteiger partial charge is 0.244 e. The molecular formula is C22H28FN3O4S. The summed E-state index contributed by atoms with van der Waals surface area (Å²) in [7, 11) is -3.96. The Morgan fingerprint density at radius 3 is 2.13 bits per heavy atom. The fourth-order valence-electron chi connectivity index (χ4n) is 3.02. The fourth-order valence-corrected chi connectivity index (χ4v) is 3.87. The van der Waals surface area contributed by atoms with E-state index < -0.39 is 34.3 Å². The average molecular weight is 450 g/mol. The molecule has 1 atom stereocenters. The van der Waals surface area contributed by atoms with Crippen molar-refractivity contribution in [1.82, 2.24) is 10.2 Å². The number of hydrogen-bond acceptors (Lipinski definition) is 4. The highest BCUT2D eigenvalue weighted by Gasteiger charge is 2.31. The van der Waals surface area contributed by atoms with Gasteiger partial charge in [0.2, 0.25) is 21.8 Å². The van der Waals surface area contributed by atoms with Crippen molar-refractivity contribution in [2.75, 3.05) is 17.1 Å². The number of hydrogen-bond donors (Lipinski definition) is 1. The van der Waals surface area contributed by atoms with Crippen molar-refractivity contribution in [2.24, 2.45) is 0 Å². The summed E-state index contributed by atoms with van der Waals surface area (Å²) in [6.07, 6.45) is 0.906. The highest BCUT2D eigenvalue weighted by atomic mass is 32.2. The summed E-state index contributed by atoms with van der Waals surface area (Å²) in [6, 6.07) is 13.4. The van der Waals surface area contributed by atoms with Crippen molar-refractivity contribution in [3.8, 4) is 0 Å². The SMILES string of the molecule is CC(C)NC(=O)[C@H](C)N(Cc1ccccc1)C(=O)CN(c1ccccc1F)S(C)(=O)=O. The summed E-state index contributed by atoms with van der Waals surface area (Å²) in [5.41, 5.74) is 0.550. The monoisotopic (exact) mass is 449 g/mol. The second kappa shape index (κ2) is 10.4. The maximum absolute atomic E-state index is 14.3. The molecule has 2 aromatic rings. The summed E-state index contributed by atoms with van der Waals surface area (Å²) in [5.74, 6) is -1.75. The maximum atomic E-state index is 14.3. The number of benzene rings is 2. The van der Waals surface area contributed by atoms with Gasteiger partial charge in [0.25, 0.3) is 0 Å². The van der Waals surface area contributed by atoms with Gasteiger partial charge in [0.15, 0.2) is 0 Å². The van der Waals surface area contributed by atoms with Crippen molar-refractivity contribution >= 4 is 27.5 Å². The molecule has 168 valence electrons. The van der Waals surface area contributed by atoms with E-state index in [4.69, 9.17) is 0 Å². The van der Waals surface area contributed by atoms with E-state index in [1.54, 1.807) is 45.0 Å². The second-order valence-corrected chi connectivity index (χ2v) is 9.47. The van der Waals surface area contributed by atoms with Crippen LogP contribution in [0.2, 0.25) is 0 Å². The average Bonchev–Trinajstić information content (AvgIpc) is 2.69. The number of sulfonamides is 1. The molecule has 0 heterocycles. The van der Waals surface area contributed by atoms with Crippen LogP contribution in [0.3, 0.4) is 0 Å². The van der Waals surface area contributed by atoms with Crippen LogP contribution in [0.5, 0.6) is 0 Å². The molecule has 9 heteroatoms. The lowest BCUT2D eigenvalue weighted by atomic mass is 10.1. The molecule has 0 radical (unpaired) electrons. The van der Waals surface area contributed by atoms with Crippen LogP contribution in [0, 0.1) is 5.82 Å². The normalized spacial score (nSPS) is 12.3. The lowest BCUT2D eigenvalue weighted by Gasteiger charge is -2.32. The van der Waals surface area contributed by atoms with Crippen LogP contribution in [0.1, 0.15) is 26.3 Å². The number of anilines is 1. The molecule has 1 N–H and O–H groups in total. The molecule has 2 aromatic carbocycles. The van der Waals surface area contributed by atoms with E-state index in [-0.39, 0.29) is 24.2 Å². The number of halogens is 1. The van der Waals surface area contributed by atoms with Crippen molar-refractivity contribution in [3.05, 3.63) is 66.0 Å². The number of nitrogens with one attached hydrogen (secondary N) is 1. The van der Waals surface area contributed by atoms with Crippen LogP contribution in [-0.4, -0.2) is 50.0 Å². The van der Waals surface area contributed by atoms with Gasteiger partial charge < -0.3 is 10.2 Å². The molecule has 0 saturated carbocycles. The molecule has 0 aliphatic rings. The number of para-hydroxylation sites is 1. The first-order valence-corrected chi connectivity index (χ1v) is 11.7. The maximum Gasteiger partial charge on any atom is 0.244 e. The minimum absolute atomic E-state index is 0.0984. The topological polar surface area (TPSA) is 86.8 Å². The highest BCUT2D eigenvalue weighted by molar-refractivity contribution is 7.92. The van der Waals surface area contributed by atoms with E-state index in [1.165, 1.54) is 23.1 Å². The number of carbonyl (C=O) groups is 2. The Hall–Kier alpha value is -2.94. The zero-order valence-corrected chi connectivity index (χ0v) is 18.9. The van der Waals surface area contributed by atoms with Gasteiger partial charge in [-0.2, -0.15) is 0 Å². The highest BCUT2D eigenvalue weighted by Crippen LogP contribution is 2.22. The summed E-state index contributed by atoms with van der Waals surface area (Å²) < 4.78 is 39.7. The van der Waals surface area contributed by atoms with Crippen LogP contribution < -0.4 is 9.62 Å². The van der Waals surface area contributed by atoms with Crippen molar-refractivity contribution in [1.29, 1.82) is 0 Å². The van der Waals surface area contributed by atoms with Crippen molar-refractivity contribution in [2.45, 2.75) is 39.4 Å². The molecular weight excluding hydrogens is 421 g/mol. The Bertz CT molecular complexity index is 1010. The van der Waals surface area contributed by atoms with E-state index in [2.05, 4.69) is 5.32 Å². The van der Waals surface area contributed by atoms with E-state index in [1.807, 2.05) is 6.07 Å². The molecule has 0 aromatic heterocycles. The third kappa shape index (κ3) is 6.78. The Balaban J connectivity index is 2.38. The van der Waals surface area contributed by atoms with Gasteiger partial charge in [0.1, 0.15) is 18.4 Å². The molecule has 7 nitrogen and oxygen atoms in total. The molecule has 0 unspecified atom stereocenters. The van der Waals surface area contributed by atoms with Gasteiger partial charge in [0.05, 0.1) is 11.9 Å². The Labute approximate surface area is 182 Å². The predicted molar refractivity (Wildman–Crippen MR) is 118 cm³/mol. The first kappa shape index (κ1) is 24.3. The van der Waals surface area contributed by atoms with Gasteiger partial charge in [-0.25, -0.2) is 12.8 Å². The van der Waals surface area contributed by atoms with Gasteiger partial charge in [0, 0.05) is 12.6 Å². The van der Waals surface area contributed by atoms with E-state index >= 15 is 0 Å². The predicted octanol–water partition coefficient (Wildman–Crippen LogP) is 2.53. The third-order valence-electron chi connectivity index (χ3n) is 4.59. The summed E-state index contributed by atoms with van der Waals surface area (Å²) in [5, 5.41) is 2.76. The summed E-state index contributed by atoms with van der Waals surface area (Å²) in [4.78, 5) is 27.1. The van der Waals surface area contributed by atoms with Crippen LogP contribution in [0.25, 0.3) is 0 Å². The Morgan fingerprint density at radius 1 is 1.00 bits per heavy atom. The van der Waals surface area contributed by atoms with Gasteiger partial charge in [-0.3, -0.25) is 13.9 Å². The number of nitrogens with zero attached hydrogens (tertiary/aromatic N) is 2. The van der Waals surface area contributed by atoms with Gasteiger partial charge in [-0.15, -0.1) is 0 Å². The molecule has 0 fully saturated rings. The molecule has 2 rings (SSSR count). The lowest BCUT2D eigenvalue weighted by Crippen LogP contribution is -2.52. The van der Waals surface area contributed by atoms with Gasteiger partial charge >= 0.3 is 0 Å². The minimum atomic E-state index is -3.96. The molecule has 31 heavy (non-hydrogen) atoms. The summed E-state index contributed by atoms with van der Waals surface area (Å²) in [6.45, 7) is 4.65. The first-order valence-electron chi connectivity index (χ1n) is 9.86. The zero-order chi connectivity index (χ0) is 23.2. The standard InChI is InChI=1S/C22H28FN3O4S/c1-16(2)24-22(28)17(3)25(14-18-10-6-5-7-11-18)21(27)15-26(31(4,29)30)20-13-9-8-12-19(20)23/h5-13,16-17H,14-15H2,1-4H3,(H,24,28)/t17-/m0/s1. The minimum Gasteiger partial charge on any atom is -0.352 e. The fraction of sp³-hybridized carbons (Fsp3) is 0.364. The zero-order valence-electron chi connectivity index (χ0n) is 18.1. The molecule has 0 bridgehead atoms. The van der Waals surface area contributed by atoms with Crippen molar-refractivity contribution < 1.29 is 22.4 Å². The molecule has 0 aliphatic heterocycles. The molecule has 2 amide bonds. The second-order valence-electron chi connectivity index (χ2n) is 7.57. The van der Waals surface area contributed by atoms with E-state index in [0.29, 0.717) is 0 Å². The quantitative estimate of drug-likeness (QED) is 0.637. The Kier molecular flexibility index (Phi) is 8.15. The Morgan fingerprint density at radius 2 is 1.58 bits per heavy atom. The van der Waals surface area contributed by atoms with Crippen LogP contribution in [-0.2, 0) is 26.2 Å². The third-order valence-corrected chi connectivity index (χ3v) is 5.72. The van der Waals surface area contributed by atoms with Crippen molar-refractivity contribution in [3.63, 3.8) is 0 Å². The van der Waals surface area contributed by atoms with E-state index in [0.717, 1.165) is 22.2 Å². The van der Waals surface area contributed by atoms with Gasteiger partial charge in [-0.1, -0.05) is 42.5 Å². The van der Waals surface area contributed by atoms with Crippen LogP contribution in [0.15, 0.2) is 54.6 Å². The summed E-state index contributed by atoms with van der Waals surface area (Å²) >= 11 is 0. The molecule has 0 spiro atoms.